The second-order valence-corrected chi connectivity index (χ2v) is 11.0. The summed E-state index contributed by atoms with van der Waals surface area (Å²) in [5.41, 5.74) is 10.1. The van der Waals surface area contributed by atoms with Gasteiger partial charge in [0.05, 0.1) is 16.4 Å². The number of imidazole rings is 1. The number of aromatic amines is 1. The normalized spacial score (nSPS) is 27.5. The van der Waals surface area contributed by atoms with E-state index in [9.17, 15) is 10.2 Å². The molecule has 2 unspecified atom stereocenters. The Morgan fingerprint density at radius 1 is 1.18 bits per heavy atom. The minimum atomic E-state index is -1.06. The zero-order chi connectivity index (χ0) is 26.4. The predicted molar refractivity (Wildman–Crippen MR) is 145 cm³/mol. The Morgan fingerprint density at radius 2 is 2.03 bits per heavy atom. The van der Waals surface area contributed by atoms with Crippen molar-refractivity contribution in [3.63, 3.8) is 0 Å². The monoisotopic (exact) mass is 519 g/mol. The number of H-pyrrole nitrogens is 1. The van der Waals surface area contributed by atoms with Crippen LogP contribution in [0.4, 0.5) is 5.82 Å². The van der Waals surface area contributed by atoms with Crippen molar-refractivity contribution in [2.75, 3.05) is 19.3 Å². The lowest BCUT2D eigenvalue weighted by molar-refractivity contribution is -0.0509. The van der Waals surface area contributed by atoms with Crippen LogP contribution in [0.15, 0.2) is 36.8 Å². The van der Waals surface area contributed by atoms with Gasteiger partial charge in [0, 0.05) is 25.2 Å². The van der Waals surface area contributed by atoms with Crippen LogP contribution in [-0.2, 0) is 17.6 Å². The van der Waals surface area contributed by atoms with E-state index >= 15 is 0 Å². The van der Waals surface area contributed by atoms with Gasteiger partial charge in [-0.1, -0.05) is 19.4 Å². The molecule has 10 heteroatoms. The molecule has 4 atom stereocenters. The Morgan fingerprint density at radius 3 is 2.84 bits per heavy atom. The van der Waals surface area contributed by atoms with Gasteiger partial charge in [-0.3, -0.25) is 0 Å². The molecule has 0 spiro atoms. The second kappa shape index (κ2) is 10.3. The topological polar surface area (TPSA) is 138 Å². The van der Waals surface area contributed by atoms with E-state index in [1.807, 2.05) is 0 Å². The molecule has 6 rings (SSSR count). The van der Waals surface area contributed by atoms with Gasteiger partial charge in [-0.25, -0.2) is 15.0 Å². The van der Waals surface area contributed by atoms with Crippen LogP contribution in [0.2, 0.25) is 0 Å². The number of aromatic nitrogens is 5. The van der Waals surface area contributed by atoms with E-state index < -0.39 is 24.5 Å². The first-order chi connectivity index (χ1) is 18.4. The number of hydrogen-bond acceptors (Lipinski definition) is 8. The number of unbranched alkanes of at least 4 members (excludes halogenated alkanes) is 1. The van der Waals surface area contributed by atoms with E-state index in [1.165, 1.54) is 24.7 Å². The van der Waals surface area contributed by atoms with Crippen molar-refractivity contribution < 1.29 is 14.9 Å². The Hall–Kier alpha value is -3.05. The predicted octanol–water partition coefficient (Wildman–Crippen LogP) is 2.80. The second-order valence-electron chi connectivity index (χ2n) is 11.0. The summed E-state index contributed by atoms with van der Waals surface area (Å²) in [7, 11) is 2.06. The van der Waals surface area contributed by atoms with Crippen LogP contribution >= 0.6 is 0 Å². The Bertz CT molecular complexity index is 1410. The molecule has 0 amide bonds. The minimum absolute atomic E-state index is 0.372. The van der Waals surface area contributed by atoms with Gasteiger partial charge in [-0.15, -0.1) is 0 Å². The van der Waals surface area contributed by atoms with Crippen molar-refractivity contribution in [3.05, 3.63) is 48.2 Å². The number of nitrogens with zero attached hydrogens (tertiary/aromatic N) is 5. The summed E-state index contributed by atoms with van der Waals surface area (Å²) >= 11 is 0. The number of nitrogens with one attached hydrogen (secondary N) is 1. The summed E-state index contributed by atoms with van der Waals surface area (Å²) < 4.78 is 7.89. The molecule has 1 aliphatic carbocycles. The number of aliphatic hydroxyl groups excluding tert-OH is 2. The van der Waals surface area contributed by atoms with Gasteiger partial charge in [0.25, 0.3) is 0 Å². The number of aliphatic hydroxyl groups is 2. The fraction of sp³-hybridized carbons (Fsp3) is 0.536. The number of fused-ring (bicyclic) bond motifs is 2. The number of likely N-dealkylation sites (N-methyl/N-ethyl adjacent to an activating group) is 1. The number of anilines is 1. The zero-order valence-corrected chi connectivity index (χ0v) is 22.0. The highest BCUT2D eigenvalue weighted by molar-refractivity contribution is 5.86. The summed E-state index contributed by atoms with van der Waals surface area (Å²) in [5, 5.41) is 22.2. The molecule has 0 radical (unpaired) electrons. The average molecular weight is 520 g/mol. The maximum absolute atomic E-state index is 10.8. The molecule has 1 aromatic carbocycles. The van der Waals surface area contributed by atoms with Crippen molar-refractivity contribution in [1.29, 1.82) is 0 Å². The van der Waals surface area contributed by atoms with Gasteiger partial charge in [-0.05, 0) is 62.4 Å². The van der Waals surface area contributed by atoms with Crippen LogP contribution in [0.25, 0.3) is 22.1 Å². The Kier molecular flexibility index (Phi) is 6.81. The van der Waals surface area contributed by atoms with Crippen LogP contribution in [-0.4, -0.2) is 77.6 Å². The summed E-state index contributed by atoms with van der Waals surface area (Å²) in [6, 6.07) is 8.78. The molecule has 202 valence electrons. The highest BCUT2D eigenvalue weighted by Gasteiger charge is 2.45. The summed E-state index contributed by atoms with van der Waals surface area (Å²) in [5.74, 6) is 2.01. The van der Waals surface area contributed by atoms with Crippen LogP contribution < -0.4 is 5.73 Å². The standard InChI is InChI=1S/C28H37N7O3/c1-3-4-5-16-6-7-20-21(12-16)33-23(32-20)13-17-10-18(11-17)34(2)14-22-24(36)25(37)28(38-22)35-9-8-19-26(29)30-15-31-27(19)35/h6-9,12,15,17-18,22,24-25,28,36-37H,3-5,10-11,13-14H2,1-2H3,(H,32,33)(H2,29,30,31)/t17?,18?,22?,24-,25-,28?/m1/s1. The fourth-order valence-electron chi connectivity index (χ4n) is 5.98. The third kappa shape index (κ3) is 4.66. The number of ether oxygens (including phenoxy) is 1. The van der Waals surface area contributed by atoms with E-state index in [2.05, 4.69) is 52.0 Å². The first-order valence-corrected chi connectivity index (χ1v) is 13.7. The molecule has 0 bridgehead atoms. The molecule has 4 aromatic rings. The third-order valence-electron chi connectivity index (χ3n) is 8.35. The molecule has 1 saturated heterocycles. The van der Waals surface area contributed by atoms with Crippen molar-refractivity contribution in [3.8, 4) is 0 Å². The fourth-order valence-corrected chi connectivity index (χ4v) is 5.98. The molecule has 1 saturated carbocycles. The number of benzene rings is 1. The van der Waals surface area contributed by atoms with Gasteiger partial charge in [0.2, 0.25) is 0 Å². The number of rotatable bonds is 9. The average Bonchev–Trinajstić information content (AvgIpc) is 3.56. The van der Waals surface area contributed by atoms with Gasteiger partial charge in [0.1, 0.15) is 41.9 Å². The number of nitrogens with two attached hydrogens (primary N) is 1. The lowest BCUT2D eigenvalue weighted by Crippen LogP contribution is -2.48. The van der Waals surface area contributed by atoms with Gasteiger partial charge >= 0.3 is 0 Å². The van der Waals surface area contributed by atoms with Crippen LogP contribution in [0, 0.1) is 5.92 Å². The lowest BCUT2D eigenvalue weighted by Gasteiger charge is -2.42. The van der Waals surface area contributed by atoms with E-state index in [0.29, 0.717) is 35.4 Å². The molecule has 4 heterocycles. The highest BCUT2D eigenvalue weighted by atomic mass is 16.6. The molecule has 5 N–H and O–H groups in total. The maximum Gasteiger partial charge on any atom is 0.164 e. The van der Waals surface area contributed by atoms with Crippen LogP contribution in [0.3, 0.4) is 0 Å². The molecule has 1 aliphatic heterocycles. The molecular weight excluding hydrogens is 482 g/mol. The molecular formula is C28H37N7O3. The molecule has 38 heavy (non-hydrogen) atoms. The van der Waals surface area contributed by atoms with Crippen molar-refractivity contribution in [2.45, 2.75) is 76.0 Å². The highest BCUT2D eigenvalue weighted by Crippen LogP contribution is 2.37. The first-order valence-electron chi connectivity index (χ1n) is 13.7. The van der Waals surface area contributed by atoms with E-state index in [0.717, 1.165) is 42.5 Å². The van der Waals surface area contributed by atoms with Crippen LogP contribution in [0.1, 0.15) is 50.2 Å². The zero-order valence-electron chi connectivity index (χ0n) is 22.0. The first kappa shape index (κ1) is 25.2. The Labute approximate surface area is 221 Å². The largest absolute Gasteiger partial charge is 0.387 e. The lowest BCUT2D eigenvalue weighted by atomic mass is 9.77. The van der Waals surface area contributed by atoms with E-state index in [4.69, 9.17) is 15.5 Å². The van der Waals surface area contributed by atoms with E-state index in [1.54, 1.807) is 16.8 Å². The minimum Gasteiger partial charge on any atom is -0.387 e. The quantitative estimate of drug-likeness (QED) is 0.265. The van der Waals surface area contributed by atoms with Gasteiger partial charge in [-0.2, -0.15) is 0 Å². The summed E-state index contributed by atoms with van der Waals surface area (Å²) in [4.78, 5) is 18.9. The smallest absolute Gasteiger partial charge is 0.164 e. The van der Waals surface area contributed by atoms with Crippen molar-refractivity contribution >= 4 is 27.9 Å². The number of hydrogen-bond donors (Lipinski definition) is 4. The third-order valence-corrected chi connectivity index (χ3v) is 8.35. The Balaban J connectivity index is 1.03. The van der Waals surface area contributed by atoms with E-state index in [-0.39, 0.29) is 0 Å². The maximum atomic E-state index is 10.8. The summed E-state index contributed by atoms with van der Waals surface area (Å²) in [6.45, 7) is 2.75. The number of nitrogen functional groups attached to an aromatic ring is 1. The SMILES string of the molecule is CCCCc1ccc2nc(CC3CC(N(C)CC4OC(n5ccc6c(N)ncnc65)[C@H](O)[C@@H]4O)C3)[nH]c2c1. The van der Waals surface area contributed by atoms with Crippen molar-refractivity contribution in [2.24, 2.45) is 5.92 Å². The molecule has 10 nitrogen and oxygen atoms in total. The number of aryl methyl sites for hydroxylation is 1. The van der Waals surface area contributed by atoms with Crippen molar-refractivity contribution in [1.82, 2.24) is 29.4 Å². The molecule has 3 aromatic heterocycles. The van der Waals surface area contributed by atoms with Gasteiger partial charge in [0.15, 0.2) is 6.23 Å². The van der Waals surface area contributed by atoms with Gasteiger partial charge < -0.3 is 35.1 Å². The molecule has 2 aliphatic rings. The van der Waals surface area contributed by atoms with Crippen LogP contribution in [0.5, 0.6) is 0 Å². The summed E-state index contributed by atoms with van der Waals surface area (Å²) in [6.07, 6.45) is 6.46. The molecule has 2 fully saturated rings.